The van der Waals surface area contributed by atoms with Crippen molar-refractivity contribution in [3.05, 3.63) is 54.2 Å². The molecule has 0 fully saturated rings. The summed E-state index contributed by atoms with van der Waals surface area (Å²) in [4.78, 5) is 72.8. The van der Waals surface area contributed by atoms with E-state index >= 15 is 0 Å². The number of benzene rings is 1. The van der Waals surface area contributed by atoms with Gasteiger partial charge in [0.15, 0.2) is 0 Å². The average Bonchev–Trinajstić information content (AvgIpc) is 3.61. The molecule has 3 rings (SSSR count). The van der Waals surface area contributed by atoms with Crippen LogP contribution in [0.5, 0.6) is 0 Å². The number of aromatic amines is 2. The average molecular weight is 584 g/mol. The maximum Gasteiger partial charge on any atom is 0.326 e. The van der Waals surface area contributed by atoms with Crippen LogP contribution in [-0.4, -0.2) is 80.4 Å². The van der Waals surface area contributed by atoms with Gasteiger partial charge in [0, 0.05) is 35.4 Å². The van der Waals surface area contributed by atoms with Crippen LogP contribution in [0.1, 0.15) is 36.9 Å². The molecule has 12 N–H and O–H groups in total. The Morgan fingerprint density at radius 3 is 2.26 bits per heavy atom. The van der Waals surface area contributed by atoms with Gasteiger partial charge in [0.1, 0.15) is 18.1 Å². The van der Waals surface area contributed by atoms with Crippen molar-refractivity contribution in [2.45, 2.75) is 62.7 Å². The second-order valence-corrected chi connectivity index (χ2v) is 9.93. The van der Waals surface area contributed by atoms with E-state index < -0.39 is 60.2 Å². The topological polar surface area (TPSA) is 264 Å². The molecular weight excluding hydrogens is 546 g/mol. The molecule has 0 saturated heterocycles. The van der Waals surface area contributed by atoms with E-state index in [0.717, 1.165) is 16.5 Å². The monoisotopic (exact) mass is 583 g/mol. The van der Waals surface area contributed by atoms with Crippen molar-refractivity contribution in [2.75, 3.05) is 6.54 Å². The number of primary amides is 1. The molecule has 3 aromatic rings. The van der Waals surface area contributed by atoms with Gasteiger partial charge in [-0.1, -0.05) is 18.2 Å². The molecule has 4 atom stereocenters. The Kier molecular flexibility index (Phi) is 11.6. The molecule has 1 aromatic carbocycles. The lowest BCUT2D eigenvalue weighted by molar-refractivity contribution is -0.142. The number of imidazole rings is 1. The van der Waals surface area contributed by atoms with Crippen molar-refractivity contribution in [1.82, 2.24) is 30.9 Å². The first-order valence-corrected chi connectivity index (χ1v) is 13.5. The highest BCUT2D eigenvalue weighted by atomic mass is 16.4. The Morgan fingerprint density at radius 1 is 0.905 bits per heavy atom. The van der Waals surface area contributed by atoms with Gasteiger partial charge >= 0.3 is 5.97 Å². The summed E-state index contributed by atoms with van der Waals surface area (Å²) in [6.45, 7) is 0.372. The number of carbonyl (C=O) groups excluding carboxylic acids is 4. The SMILES string of the molecule is NCCCCC(NC(=O)C(Cc1cnc[nH]1)NC(=O)C(CC(N)=O)NC(=O)C(N)Cc1c[nH]c2ccccc12)C(=O)O. The fourth-order valence-electron chi connectivity index (χ4n) is 4.44. The number of rotatable bonds is 17. The maximum absolute atomic E-state index is 13.3. The number of nitrogens with zero attached hydrogens (tertiary/aromatic N) is 1. The molecule has 2 heterocycles. The van der Waals surface area contributed by atoms with Gasteiger partial charge in [-0.2, -0.15) is 0 Å². The van der Waals surface area contributed by atoms with Crippen LogP contribution < -0.4 is 33.2 Å². The van der Waals surface area contributed by atoms with Crippen LogP contribution in [0, 0.1) is 0 Å². The number of hydrogen-bond donors (Lipinski definition) is 9. The number of hydrogen-bond acceptors (Lipinski definition) is 8. The molecule has 4 amide bonds. The number of para-hydroxylation sites is 1. The number of carbonyl (C=O) groups is 5. The van der Waals surface area contributed by atoms with Crippen LogP contribution in [0.2, 0.25) is 0 Å². The highest BCUT2D eigenvalue weighted by Crippen LogP contribution is 2.19. The summed E-state index contributed by atoms with van der Waals surface area (Å²) in [7, 11) is 0. The Labute approximate surface area is 241 Å². The summed E-state index contributed by atoms with van der Waals surface area (Å²) in [6, 6.07) is 2.48. The number of unbranched alkanes of at least 4 members (excludes halogenated alkanes) is 1. The minimum absolute atomic E-state index is 0.0793. The van der Waals surface area contributed by atoms with Crippen molar-refractivity contribution >= 4 is 40.5 Å². The minimum Gasteiger partial charge on any atom is -0.480 e. The van der Waals surface area contributed by atoms with Crippen molar-refractivity contribution < 1.29 is 29.1 Å². The quantitative estimate of drug-likeness (QED) is 0.0840. The molecule has 0 saturated carbocycles. The first-order valence-electron chi connectivity index (χ1n) is 13.5. The number of carboxylic acids is 1. The van der Waals surface area contributed by atoms with Crippen LogP contribution in [0.3, 0.4) is 0 Å². The van der Waals surface area contributed by atoms with Gasteiger partial charge in [0.2, 0.25) is 23.6 Å². The van der Waals surface area contributed by atoms with Gasteiger partial charge in [0.05, 0.1) is 18.8 Å². The van der Waals surface area contributed by atoms with Gasteiger partial charge in [-0.05, 0) is 43.9 Å². The van der Waals surface area contributed by atoms with Crippen LogP contribution in [-0.2, 0) is 36.8 Å². The lowest BCUT2D eigenvalue weighted by atomic mass is 10.0. The molecule has 0 aliphatic rings. The van der Waals surface area contributed by atoms with E-state index in [1.165, 1.54) is 12.5 Å². The smallest absolute Gasteiger partial charge is 0.326 e. The summed E-state index contributed by atoms with van der Waals surface area (Å²) < 4.78 is 0. The molecule has 0 radical (unpaired) electrons. The van der Waals surface area contributed by atoms with E-state index in [0.29, 0.717) is 25.1 Å². The largest absolute Gasteiger partial charge is 0.480 e. The fourth-order valence-corrected chi connectivity index (χ4v) is 4.44. The lowest BCUT2D eigenvalue weighted by Crippen LogP contribution is -2.58. The molecule has 226 valence electrons. The van der Waals surface area contributed by atoms with E-state index in [1.54, 1.807) is 6.20 Å². The second kappa shape index (κ2) is 15.3. The van der Waals surface area contributed by atoms with E-state index in [-0.39, 0.29) is 19.3 Å². The maximum atomic E-state index is 13.3. The molecule has 0 aliphatic carbocycles. The Hall–Kier alpha value is -4.76. The fraction of sp³-hybridized carbons (Fsp3) is 0.407. The third kappa shape index (κ3) is 9.14. The van der Waals surface area contributed by atoms with Crippen LogP contribution >= 0.6 is 0 Å². The number of amides is 4. The van der Waals surface area contributed by atoms with Gasteiger partial charge in [0.25, 0.3) is 0 Å². The first kappa shape index (κ1) is 31.8. The lowest BCUT2D eigenvalue weighted by Gasteiger charge is -2.24. The zero-order valence-corrected chi connectivity index (χ0v) is 23.0. The third-order valence-corrected chi connectivity index (χ3v) is 6.66. The molecule has 15 nitrogen and oxygen atoms in total. The van der Waals surface area contributed by atoms with E-state index in [9.17, 15) is 29.1 Å². The van der Waals surface area contributed by atoms with Crippen molar-refractivity contribution in [3.63, 3.8) is 0 Å². The molecule has 2 aromatic heterocycles. The molecular formula is C27H37N9O6. The normalized spacial score (nSPS) is 14.0. The zero-order valence-electron chi connectivity index (χ0n) is 23.0. The number of nitrogens with two attached hydrogens (primary N) is 3. The standard InChI is InChI=1S/C27H37N9O6/c28-8-4-3-7-20(27(41)42)34-25(39)21(10-16-13-31-14-33-16)36-26(40)22(11-23(30)37)35-24(38)18(29)9-15-12-32-19-6-2-1-5-17(15)19/h1-2,5-6,12-14,18,20-22,32H,3-4,7-11,28-29H2,(H2,30,37)(H,31,33)(H,34,39)(H,35,38)(H,36,40)(H,41,42). The van der Waals surface area contributed by atoms with Gasteiger partial charge < -0.3 is 48.2 Å². The molecule has 15 heteroatoms. The predicted molar refractivity (Wildman–Crippen MR) is 152 cm³/mol. The van der Waals surface area contributed by atoms with Crippen LogP contribution in [0.15, 0.2) is 43.0 Å². The molecule has 0 bridgehead atoms. The number of carboxylic acid groups (broad SMARTS) is 1. The predicted octanol–water partition coefficient (Wildman–Crippen LogP) is -1.45. The number of aliphatic carboxylic acids is 1. The van der Waals surface area contributed by atoms with Crippen molar-refractivity contribution in [3.8, 4) is 0 Å². The molecule has 0 spiro atoms. The Balaban J connectivity index is 1.72. The Morgan fingerprint density at radius 2 is 1.60 bits per heavy atom. The summed E-state index contributed by atoms with van der Waals surface area (Å²) >= 11 is 0. The number of aromatic nitrogens is 3. The summed E-state index contributed by atoms with van der Waals surface area (Å²) in [5, 5.41) is 17.9. The minimum atomic E-state index is -1.44. The van der Waals surface area contributed by atoms with Gasteiger partial charge in [-0.15, -0.1) is 0 Å². The summed E-state index contributed by atoms with van der Waals surface area (Å²) in [5.41, 5.74) is 19.1. The number of fused-ring (bicyclic) bond motifs is 1. The number of nitrogens with one attached hydrogen (secondary N) is 5. The van der Waals surface area contributed by atoms with Gasteiger partial charge in [-0.25, -0.2) is 9.78 Å². The highest BCUT2D eigenvalue weighted by Gasteiger charge is 2.31. The van der Waals surface area contributed by atoms with E-state index in [2.05, 4.69) is 30.9 Å². The zero-order chi connectivity index (χ0) is 30.6. The molecule has 0 aliphatic heterocycles. The number of H-pyrrole nitrogens is 2. The summed E-state index contributed by atoms with van der Waals surface area (Å²) in [5.74, 6) is -4.48. The molecule has 4 unspecified atom stereocenters. The summed E-state index contributed by atoms with van der Waals surface area (Å²) in [6.07, 6.45) is 5.24. The first-order chi connectivity index (χ1) is 20.1. The third-order valence-electron chi connectivity index (χ3n) is 6.66. The van der Waals surface area contributed by atoms with Gasteiger partial charge in [-0.3, -0.25) is 19.2 Å². The van der Waals surface area contributed by atoms with Crippen molar-refractivity contribution in [1.29, 1.82) is 0 Å². The highest BCUT2D eigenvalue weighted by molar-refractivity contribution is 5.96. The van der Waals surface area contributed by atoms with Crippen molar-refractivity contribution in [2.24, 2.45) is 17.2 Å². The van der Waals surface area contributed by atoms with E-state index in [4.69, 9.17) is 17.2 Å². The van der Waals surface area contributed by atoms with Crippen LogP contribution in [0.25, 0.3) is 10.9 Å². The van der Waals surface area contributed by atoms with Crippen LogP contribution in [0.4, 0.5) is 0 Å². The molecule has 42 heavy (non-hydrogen) atoms. The second-order valence-electron chi connectivity index (χ2n) is 9.93. The Bertz CT molecular complexity index is 1370. The van der Waals surface area contributed by atoms with E-state index in [1.807, 2.05) is 24.3 Å².